The number of non-ortho nitro benzene ring substituents is 1. The van der Waals surface area contributed by atoms with Crippen molar-refractivity contribution in [1.82, 2.24) is 0 Å². The van der Waals surface area contributed by atoms with Gasteiger partial charge >= 0.3 is 0 Å². The Morgan fingerprint density at radius 2 is 1.71 bits per heavy atom. The van der Waals surface area contributed by atoms with E-state index in [1.807, 2.05) is 32.0 Å². The SMILES string of the molecule is Cc1ccc(/C=C/C(=O)c2ccc([N+](=O)[O-])cc2)cc1C. The first-order valence-electron chi connectivity index (χ1n) is 6.51. The molecule has 0 saturated carbocycles. The highest BCUT2D eigenvalue weighted by molar-refractivity contribution is 6.06. The van der Waals surface area contributed by atoms with Crippen LogP contribution in [0.2, 0.25) is 0 Å². The molecule has 0 unspecified atom stereocenters. The van der Waals surface area contributed by atoms with Gasteiger partial charge in [0.25, 0.3) is 5.69 Å². The first kappa shape index (κ1) is 14.7. The second-order valence-electron chi connectivity index (χ2n) is 4.85. The fourth-order valence-corrected chi connectivity index (χ4v) is 1.88. The number of rotatable bonds is 4. The van der Waals surface area contributed by atoms with Gasteiger partial charge in [-0.25, -0.2) is 0 Å². The maximum absolute atomic E-state index is 12.0. The summed E-state index contributed by atoms with van der Waals surface area (Å²) in [4.78, 5) is 22.1. The summed E-state index contributed by atoms with van der Waals surface area (Å²) in [5.74, 6) is -0.178. The number of carbonyl (C=O) groups excluding carboxylic acids is 1. The first-order chi connectivity index (χ1) is 9.97. The molecule has 0 bridgehead atoms. The van der Waals surface area contributed by atoms with Crippen molar-refractivity contribution in [3.05, 3.63) is 80.9 Å². The van der Waals surface area contributed by atoms with Gasteiger partial charge in [0.05, 0.1) is 4.92 Å². The van der Waals surface area contributed by atoms with Crippen LogP contribution in [-0.4, -0.2) is 10.7 Å². The Labute approximate surface area is 122 Å². The number of carbonyl (C=O) groups is 1. The molecule has 0 saturated heterocycles. The molecule has 2 aromatic carbocycles. The first-order valence-corrected chi connectivity index (χ1v) is 6.51. The number of aryl methyl sites for hydroxylation is 2. The second-order valence-corrected chi connectivity index (χ2v) is 4.85. The van der Waals surface area contributed by atoms with Crippen molar-refractivity contribution >= 4 is 17.5 Å². The summed E-state index contributed by atoms with van der Waals surface area (Å²) < 4.78 is 0. The topological polar surface area (TPSA) is 60.2 Å². The Morgan fingerprint density at radius 3 is 2.29 bits per heavy atom. The molecule has 0 aliphatic rings. The van der Waals surface area contributed by atoms with E-state index in [4.69, 9.17) is 0 Å². The van der Waals surface area contributed by atoms with Crippen LogP contribution in [0.3, 0.4) is 0 Å². The van der Waals surface area contributed by atoms with Gasteiger partial charge in [0.15, 0.2) is 5.78 Å². The molecule has 4 heteroatoms. The standard InChI is InChI=1S/C17H15NO3/c1-12-3-4-14(11-13(12)2)5-10-17(19)15-6-8-16(9-7-15)18(20)21/h3-11H,1-2H3/b10-5+. The molecular weight excluding hydrogens is 266 g/mol. The van der Waals surface area contributed by atoms with Crippen LogP contribution in [0.15, 0.2) is 48.5 Å². The third-order valence-corrected chi connectivity index (χ3v) is 3.32. The van der Waals surface area contributed by atoms with Crippen molar-refractivity contribution in [1.29, 1.82) is 0 Å². The van der Waals surface area contributed by atoms with Crippen molar-refractivity contribution in [3.63, 3.8) is 0 Å². The van der Waals surface area contributed by atoms with Gasteiger partial charge in [-0.2, -0.15) is 0 Å². The highest BCUT2D eigenvalue weighted by atomic mass is 16.6. The van der Waals surface area contributed by atoms with E-state index in [9.17, 15) is 14.9 Å². The summed E-state index contributed by atoms with van der Waals surface area (Å²) in [7, 11) is 0. The van der Waals surface area contributed by atoms with Crippen molar-refractivity contribution in [3.8, 4) is 0 Å². The van der Waals surface area contributed by atoms with Crippen molar-refractivity contribution < 1.29 is 9.72 Å². The molecule has 0 atom stereocenters. The zero-order valence-corrected chi connectivity index (χ0v) is 11.9. The third-order valence-electron chi connectivity index (χ3n) is 3.32. The number of hydrogen-bond donors (Lipinski definition) is 0. The molecule has 0 aliphatic carbocycles. The summed E-state index contributed by atoms with van der Waals surface area (Å²) in [5.41, 5.74) is 3.73. The van der Waals surface area contributed by atoms with Crippen LogP contribution >= 0.6 is 0 Å². The number of benzene rings is 2. The molecule has 0 fully saturated rings. The van der Waals surface area contributed by atoms with Gasteiger partial charge in [-0.15, -0.1) is 0 Å². The molecular formula is C17H15NO3. The number of ketones is 1. The molecule has 2 aromatic rings. The molecule has 0 aromatic heterocycles. The number of allylic oxidation sites excluding steroid dienone is 1. The van der Waals surface area contributed by atoms with Crippen molar-refractivity contribution in [2.75, 3.05) is 0 Å². The summed E-state index contributed by atoms with van der Waals surface area (Å²) in [5, 5.41) is 10.6. The highest BCUT2D eigenvalue weighted by Gasteiger charge is 2.07. The van der Waals surface area contributed by atoms with Crippen molar-refractivity contribution in [2.45, 2.75) is 13.8 Å². The molecule has 106 valence electrons. The van der Waals surface area contributed by atoms with Crippen LogP contribution in [0.25, 0.3) is 6.08 Å². The highest BCUT2D eigenvalue weighted by Crippen LogP contribution is 2.14. The Morgan fingerprint density at radius 1 is 1.05 bits per heavy atom. The van der Waals surface area contributed by atoms with Crippen LogP contribution in [-0.2, 0) is 0 Å². The van der Waals surface area contributed by atoms with E-state index < -0.39 is 4.92 Å². The average Bonchev–Trinajstić information content (AvgIpc) is 2.48. The number of nitrogens with zero attached hydrogens (tertiary/aromatic N) is 1. The summed E-state index contributed by atoms with van der Waals surface area (Å²) in [6.07, 6.45) is 3.22. The quantitative estimate of drug-likeness (QED) is 0.367. The van der Waals surface area contributed by atoms with Crippen LogP contribution < -0.4 is 0 Å². The molecule has 4 nitrogen and oxygen atoms in total. The van der Waals surface area contributed by atoms with E-state index in [0.717, 1.165) is 5.56 Å². The van der Waals surface area contributed by atoms with E-state index in [1.54, 1.807) is 6.08 Å². The van der Waals surface area contributed by atoms with Crippen LogP contribution in [0.1, 0.15) is 27.0 Å². The largest absolute Gasteiger partial charge is 0.289 e. The summed E-state index contributed by atoms with van der Waals surface area (Å²) in [6, 6.07) is 11.5. The molecule has 0 heterocycles. The lowest BCUT2D eigenvalue weighted by Crippen LogP contribution is -1.95. The Kier molecular flexibility index (Phi) is 4.28. The fraction of sp³-hybridized carbons (Fsp3) is 0.118. The lowest BCUT2D eigenvalue weighted by atomic mass is 10.0. The monoisotopic (exact) mass is 281 g/mol. The van der Waals surface area contributed by atoms with E-state index in [1.165, 1.54) is 41.5 Å². The van der Waals surface area contributed by atoms with Crippen LogP contribution in [0.5, 0.6) is 0 Å². The minimum atomic E-state index is -0.487. The Hall–Kier alpha value is -2.75. The van der Waals surface area contributed by atoms with E-state index >= 15 is 0 Å². The number of nitro groups is 1. The second kappa shape index (κ2) is 6.13. The maximum atomic E-state index is 12.0. The summed E-state index contributed by atoms with van der Waals surface area (Å²) >= 11 is 0. The zero-order chi connectivity index (χ0) is 15.4. The molecule has 0 spiro atoms. The van der Waals surface area contributed by atoms with E-state index in [-0.39, 0.29) is 11.5 Å². The number of nitro benzene ring substituents is 1. The van der Waals surface area contributed by atoms with Crippen molar-refractivity contribution in [2.24, 2.45) is 0 Å². The third kappa shape index (κ3) is 3.63. The number of hydrogen-bond acceptors (Lipinski definition) is 3. The fourth-order valence-electron chi connectivity index (χ4n) is 1.88. The lowest BCUT2D eigenvalue weighted by Gasteiger charge is -2.00. The molecule has 0 radical (unpaired) electrons. The van der Waals surface area contributed by atoms with Crippen LogP contribution in [0.4, 0.5) is 5.69 Å². The van der Waals surface area contributed by atoms with E-state index in [0.29, 0.717) is 5.56 Å². The van der Waals surface area contributed by atoms with Gasteiger partial charge in [-0.05, 0) is 48.7 Å². The molecule has 0 N–H and O–H groups in total. The smallest absolute Gasteiger partial charge is 0.269 e. The normalized spacial score (nSPS) is 10.8. The minimum Gasteiger partial charge on any atom is -0.289 e. The predicted molar refractivity (Wildman–Crippen MR) is 82.4 cm³/mol. The van der Waals surface area contributed by atoms with Gasteiger partial charge < -0.3 is 0 Å². The van der Waals surface area contributed by atoms with Crippen LogP contribution in [0, 0.1) is 24.0 Å². The average molecular weight is 281 g/mol. The Balaban J connectivity index is 2.14. The molecule has 0 aliphatic heterocycles. The Bertz CT molecular complexity index is 715. The maximum Gasteiger partial charge on any atom is 0.269 e. The van der Waals surface area contributed by atoms with Gasteiger partial charge in [-0.1, -0.05) is 24.3 Å². The lowest BCUT2D eigenvalue weighted by molar-refractivity contribution is -0.384. The van der Waals surface area contributed by atoms with Gasteiger partial charge in [0, 0.05) is 17.7 Å². The van der Waals surface area contributed by atoms with Gasteiger partial charge in [0.1, 0.15) is 0 Å². The zero-order valence-electron chi connectivity index (χ0n) is 11.9. The summed E-state index contributed by atoms with van der Waals surface area (Å²) in [6.45, 7) is 4.05. The molecule has 21 heavy (non-hydrogen) atoms. The van der Waals surface area contributed by atoms with Gasteiger partial charge in [0.2, 0.25) is 0 Å². The minimum absolute atomic E-state index is 0.0234. The van der Waals surface area contributed by atoms with Gasteiger partial charge in [-0.3, -0.25) is 14.9 Å². The molecule has 2 rings (SSSR count). The van der Waals surface area contributed by atoms with E-state index in [2.05, 4.69) is 0 Å². The molecule has 0 amide bonds. The predicted octanol–water partition coefficient (Wildman–Crippen LogP) is 4.11.